The molecule has 0 saturated heterocycles. The maximum absolute atomic E-state index is 9.25. The Morgan fingerprint density at radius 1 is 1.21 bits per heavy atom. The molecular formula is C11H12O2Zn. The Balaban J connectivity index is 0. The van der Waals surface area contributed by atoms with Crippen LogP contribution >= 0.6 is 0 Å². The zero-order chi connectivity index (χ0) is 10.1. The summed E-state index contributed by atoms with van der Waals surface area (Å²) >= 11 is 0. The maximum atomic E-state index is 9.25. The molecule has 14 heavy (non-hydrogen) atoms. The van der Waals surface area contributed by atoms with E-state index in [9.17, 15) is 4.79 Å². The molecule has 1 N–H and O–H groups in total. The van der Waals surface area contributed by atoms with Crippen LogP contribution in [0, 0.1) is 0 Å². The van der Waals surface area contributed by atoms with Gasteiger partial charge in [-0.3, -0.25) is 0 Å². The van der Waals surface area contributed by atoms with Gasteiger partial charge in [-0.05, 0) is 5.56 Å². The molecule has 1 rings (SSSR count). The van der Waals surface area contributed by atoms with Crippen LogP contribution in [0.3, 0.4) is 0 Å². The van der Waals surface area contributed by atoms with Gasteiger partial charge in [0.25, 0.3) is 0 Å². The van der Waals surface area contributed by atoms with Crippen molar-refractivity contribution in [3.8, 4) is 0 Å². The molecule has 2 nitrogen and oxygen atoms in total. The Hall–Kier alpha value is -1.21. The average Bonchev–Trinajstić information content (AvgIpc) is 2.20. The molecule has 0 aromatic heterocycles. The Labute approximate surface area is 96.7 Å². The van der Waals surface area contributed by atoms with Crippen molar-refractivity contribution < 1.29 is 29.4 Å². The van der Waals surface area contributed by atoms with Crippen LogP contribution in [-0.4, -0.2) is 11.1 Å². The summed E-state index contributed by atoms with van der Waals surface area (Å²) in [5.41, 5.74) is 1.17. The number of hydrogen-bond donors (Lipinski definition) is 1. The molecule has 0 fully saturated rings. The second kappa shape index (κ2) is 9.88. The fraction of sp³-hybridized carbons (Fsp3) is 0. The summed E-state index contributed by atoms with van der Waals surface area (Å²) in [6.07, 6.45) is 2.67. The van der Waals surface area contributed by atoms with Crippen molar-refractivity contribution in [1.29, 1.82) is 0 Å². The first-order chi connectivity index (χ1) is 6.20. The Kier molecular flexibility index (Phi) is 10.8. The summed E-state index contributed by atoms with van der Waals surface area (Å²) in [7, 11) is 0. The molecule has 0 atom stereocenters. The number of aliphatic carboxylic acids is 1. The van der Waals surface area contributed by atoms with E-state index < -0.39 is 5.97 Å². The van der Waals surface area contributed by atoms with Crippen LogP contribution in [0.2, 0.25) is 0 Å². The smallest absolute Gasteiger partial charge is 0.327 e. The van der Waals surface area contributed by atoms with Crippen molar-refractivity contribution in [3.05, 3.63) is 55.1 Å². The van der Waals surface area contributed by atoms with Gasteiger partial charge in [-0.15, -0.1) is 0 Å². The van der Waals surface area contributed by atoms with E-state index in [2.05, 4.69) is 13.2 Å². The first-order valence-electron chi connectivity index (χ1n) is 3.73. The van der Waals surface area contributed by atoms with Crippen LogP contribution in [0.15, 0.2) is 49.6 Å². The molecule has 70 valence electrons. The van der Waals surface area contributed by atoms with Crippen molar-refractivity contribution in [1.82, 2.24) is 0 Å². The molecule has 1 aromatic rings. The number of hydrogen-bond acceptors (Lipinski definition) is 1. The number of carboxylic acid groups (broad SMARTS) is 1. The van der Waals surface area contributed by atoms with Gasteiger partial charge in [-0.2, -0.15) is 0 Å². The summed E-state index contributed by atoms with van der Waals surface area (Å²) < 4.78 is 0. The first kappa shape index (κ1) is 15.3. The third kappa shape index (κ3) is 8.89. The SMILES string of the molecule is C=CC(=O)O.C=Cc1ccccc1.[Zn]. The van der Waals surface area contributed by atoms with E-state index in [1.54, 1.807) is 0 Å². The standard InChI is InChI=1S/C8H8.C3H4O2.Zn/c1-2-8-6-4-3-5-7-8;1-2-3(4)5;/h2-7H,1H2;2H,1H2,(H,4,5);. The minimum absolute atomic E-state index is 0. The molecule has 0 aliphatic rings. The van der Waals surface area contributed by atoms with Gasteiger partial charge in [-0.1, -0.05) is 49.6 Å². The topological polar surface area (TPSA) is 37.3 Å². The average molecular weight is 242 g/mol. The molecule has 1 aromatic carbocycles. The third-order valence-electron chi connectivity index (χ3n) is 1.21. The summed E-state index contributed by atoms with van der Waals surface area (Å²) in [5.74, 6) is -0.981. The molecule has 3 heteroatoms. The largest absolute Gasteiger partial charge is 0.478 e. The van der Waals surface area contributed by atoms with E-state index in [1.165, 1.54) is 5.56 Å². The number of carbonyl (C=O) groups is 1. The van der Waals surface area contributed by atoms with Crippen molar-refractivity contribution in [3.63, 3.8) is 0 Å². The molecule has 0 bridgehead atoms. The van der Waals surface area contributed by atoms with Crippen LogP contribution in [0.25, 0.3) is 6.08 Å². The number of carboxylic acids is 1. The van der Waals surface area contributed by atoms with Gasteiger partial charge in [0, 0.05) is 25.6 Å². The third-order valence-corrected chi connectivity index (χ3v) is 1.21. The second-order valence-electron chi connectivity index (χ2n) is 2.16. The predicted octanol–water partition coefficient (Wildman–Crippen LogP) is 2.58. The zero-order valence-electron chi connectivity index (χ0n) is 8.02. The van der Waals surface area contributed by atoms with E-state index in [1.807, 2.05) is 36.4 Å². The van der Waals surface area contributed by atoms with Crippen molar-refractivity contribution in [2.45, 2.75) is 0 Å². The van der Waals surface area contributed by atoms with E-state index in [4.69, 9.17) is 5.11 Å². The predicted molar refractivity (Wildman–Crippen MR) is 54.4 cm³/mol. The van der Waals surface area contributed by atoms with E-state index in [0.29, 0.717) is 0 Å². The van der Waals surface area contributed by atoms with Gasteiger partial charge < -0.3 is 5.11 Å². The normalized spacial score (nSPS) is 7.14. The van der Waals surface area contributed by atoms with E-state index >= 15 is 0 Å². The maximum Gasteiger partial charge on any atom is 0.327 e. The molecule has 0 heterocycles. The summed E-state index contributed by atoms with van der Waals surface area (Å²) in [6, 6.07) is 10.0. The summed E-state index contributed by atoms with van der Waals surface area (Å²) in [5, 5.41) is 7.60. The Morgan fingerprint density at radius 3 is 1.86 bits per heavy atom. The van der Waals surface area contributed by atoms with Crippen molar-refractivity contribution in [2.75, 3.05) is 0 Å². The number of benzene rings is 1. The second-order valence-corrected chi connectivity index (χ2v) is 2.16. The van der Waals surface area contributed by atoms with Crippen molar-refractivity contribution >= 4 is 12.0 Å². The molecule has 0 radical (unpaired) electrons. The zero-order valence-corrected chi connectivity index (χ0v) is 11.0. The first-order valence-corrected chi connectivity index (χ1v) is 3.73. The van der Waals surface area contributed by atoms with Crippen molar-refractivity contribution in [2.24, 2.45) is 0 Å². The van der Waals surface area contributed by atoms with Crippen LogP contribution < -0.4 is 0 Å². The molecule has 0 amide bonds. The van der Waals surface area contributed by atoms with Gasteiger partial charge in [-0.25, -0.2) is 4.79 Å². The van der Waals surface area contributed by atoms with Gasteiger partial charge in [0.2, 0.25) is 0 Å². The molecule has 0 aliphatic heterocycles. The minimum atomic E-state index is -0.981. The molecular weight excluding hydrogens is 230 g/mol. The summed E-state index contributed by atoms with van der Waals surface area (Å²) in [4.78, 5) is 9.25. The van der Waals surface area contributed by atoms with Gasteiger partial charge in [0.05, 0.1) is 0 Å². The molecule has 0 saturated carbocycles. The van der Waals surface area contributed by atoms with Crippen LogP contribution in [-0.2, 0) is 24.3 Å². The van der Waals surface area contributed by atoms with Crippen LogP contribution in [0.5, 0.6) is 0 Å². The molecule has 0 aliphatic carbocycles. The molecule has 0 unspecified atom stereocenters. The Morgan fingerprint density at radius 2 is 1.64 bits per heavy atom. The van der Waals surface area contributed by atoms with Gasteiger partial charge in [0.15, 0.2) is 0 Å². The van der Waals surface area contributed by atoms with E-state index in [-0.39, 0.29) is 19.5 Å². The Bertz CT molecular complexity index is 281. The summed E-state index contributed by atoms with van der Waals surface area (Å²) in [6.45, 7) is 6.59. The van der Waals surface area contributed by atoms with Gasteiger partial charge in [0.1, 0.15) is 0 Å². The van der Waals surface area contributed by atoms with Crippen LogP contribution in [0.1, 0.15) is 5.56 Å². The fourth-order valence-electron chi connectivity index (χ4n) is 0.589. The quantitative estimate of drug-likeness (QED) is 0.638. The fourth-order valence-corrected chi connectivity index (χ4v) is 0.589. The monoisotopic (exact) mass is 240 g/mol. The van der Waals surface area contributed by atoms with Crippen LogP contribution in [0.4, 0.5) is 0 Å². The molecule has 0 spiro atoms. The number of rotatable bonds is 2. The minimum Gasteiger partial charge on any atom is -0.478 e. The van der Waals surface area contributed by atoms with E-state index in [0.717, 1.165) is 6.08 Å². The van der Waals surface area contributed by atoms with Gasteiger partial charge >= 0.3 is 5.97 Å².